The zero-order chi connectivity index (χ0) is 22.0. The molecule has 0 fully saturated rings. The Hall–Kier alpha value is -2.63. The van der Waals surface area contributed by atoms with Crippen LogP contribution in [0.1, 0.15) is 57.1 Å². The third-order valence-electron chi connectivity index (χ3n) is 5.89. The summed E-state index contributed by atoms with van der Waals surface area (Å²) in [6.07, 6.45) is 7.78. The molecule has 1 unspecified atom stereocenters. The molecule has 0 spiro atoms. The van der Waals surface area contributed by atoms with Gasteiger partial charge in [0.2, 0.25) is 17.5 Å². The van der Waals surface area contributed by atoms with Crippen LogP contribution >= 0.6 is 0 Å². The highest BCUT2D eigenvalue weighted by molar-refractivity contribution is 5.55. The van der Waals surface area contributed by atoms with E-state index in [-0.39, 0.29) is 36.0 Å². The Morgan fingerprint density at radius 3 is 2.48 bits per heavy atom. The van der Waals surface area contributed by atoms with Gasteiger partial charge in [-0.1, -0.05) is 31.1 Å². The van der Waals surface area contributed by atoms with Gasteiger partial charge in [0.05, 0.1) is 13.2 Å². The predicted octanol–water partition coefficient (Wildman–Crippen LogP) is 7.10. The second-order valence-electron chi connectivity index (χ2n) is 8.13. The highest BCUT2D eigenvalue weighted by atomic mass is 19.2. The molecular weight excluding hydrogens is 405 g/mol. The molecule has 0 saturated heterocycles. The fraction of sp³-hybridized carbons (Fsp3) is 0.440. The Balaban J connectivity index is 1.50. The van der Waals surface area contributed by atoms with E-state index in [9.17, 15) is 8.78 Å². The van der Waals surface area contributed by atoms with Crippen molar-refractivity contribution in [1.82, 2.24) is 0 Å². The summed E-state index contributed by atoms with van der Waals surface area (Å²) in [5.74, 6) is -3.17. The second-order valence-corrected chi connectivity index (χ2v) is 8.13. The molecule has 0 bridgehead atoms. The number of fused-ring (bicyclic) bond motifs is 2. The molecule has 31 heavy (non-hydrogen) atoms. The molecule has 0 amide bonds. The third kappa shape index (κ3) is 4.39. The van der Waals surface area contributed by atoms with Crippen LogP contribution in [0.3, 0.4) is 0 Å². The van der Waals surface area contributed by atoms with Gasteiger partial charge in [0.25, 0.3) is 0 Å². The number of benzene rings is 2. The monoisotopic (exact) mass is 432 g/mol. The van der Waals surface area contributed by atoms with Crippen LogP contribution < -0.4 is 14.2 Å². The molecule has 1 aliphatic carbocycles. The Morgan fingerprint density at radius 1 is 0.968 bits per heavy atom. The smallest absolute Gasteiger partial charge is 0.207 e. The van der Waals surface area contributed by atoms with E-state index in [1.54, 1.807) is 19.1 Å². The molecule has 6 heteroatoms. The maximum absolute atomic E-state index is 15.1. The van der Waals surface area contributed by atoms with Crippen LogP contribution in [0.2, 0.25) is 0 Å². The summed E-state index contributed by atoms with van der Waals surface area (Å²) in [5, 5.41) is 0. The highest BCUT2D eigenvalue weighted by Crippen LogP contribution is 2.44. The van der Waals surface area contributed by atoms with Crippen molar-refractivity contribution in [2.75, 3.05) is 13.2 Å². The third-order valence-corrected chi connectivity index (χ3v) is 5.89. The van der Waals surface area contributed by atoms with Crippen molar-refractivity contribution in [2.24, 2.45) is 5.92 Å². The number of allylic oxidation sites excluding steroid dienone is 2. The van der Waals surface area contributed by atoms with Crippen LogP contribution in [-0.4, -0.2) is 13.2 Å². The first-order valence-electron chi connectivity index (χ1n) is 10.9. The molecule has 1 aliphatic heterocycles. The lowest BCUT2D eigenvalue weighted by atomic mass is 9.88. The van der Waals surface area contributed by atoms with Gasteiger partial charge >= 0.3 is 0 Å². The van der Waals surface area contributed by atoms with Crippen LogP contribution in [0.25, 0.3) is 0 Å². The van der Waals surface area contributed by atoms with E-state index >= 15 is 4.39 Å². The van der Waals surface area contributed by atoms with Gasteiger partial charge in [0.15, 0.2) is 23.0 Å². The van der Waals surface area contributed by atoms with Crippen molar-refractivity contribution in [2.45, 2.75) is 52.4 Å². The van der Waals surface area contributed by atoms with Gasteiger partial charge < -0.3 is 14.2 Å². The van der Waals surface area contributed by atoms with Gasteiger partial charge in [-0.05, 0) is 50.7 Å². The zero-order valence-electron chi connectivity index (χ0n) is 17.9. The summed E-state index contributed by atoms with van der Waals surface area (Å²) in [6, 6.07) is 4.69. The predicted molar refractivity (Wildman–Crippen MR) is 113 cm³/mol. The van der Waals surface area contributed by atoms with E-state index in [2.05, 4.69) is 13.0 Å². The van der Waals surface area contributed by atoms with Crippen LogP contribution in [0, 0.1) is 23.4 Å². The Labute approximate surface area is 180 Å². The van der Waals surface area contributed by atoms with Crippen molar-refractivity contribution in [3.05, 3.63) is 58.4 Å². The first-order valence-corrected chi connectivity index (χ1v) is 10.9. The molecule has 0 saturated carbocycles. The summed E-state index contributed by atoms with van der Waals surface area (Å²) < 4.78 is 60.3. The molecule has 0 radical (unpaired) electrons. The maximum atomic E-state index is 15.1. The number of hydrogen-bond donors (Lipinski definition) is 0. The minimum Gasteiger partial charge on any atom is -0.491 e. The molecule has 166 valence electrons. The van der Waals surface area contributed by atoms with E-state index < -0.39 is 17.5 Å². The van der Waals surface area contributed by atoms with Crippen molar-refractivity contribution < 1.29 is 27.4 Å². The van der Waals surface area contributed by atoms with E-state index in [0.717, 1.165) is 32.1 Å². The Kier molecular flexibility index (Phi) is 6.44. The molecule has 2 aromatic rings. The van der Waals surface area contributed by atoms with Crippen molar-refractivity contribution in [3.63, 3.8) is 0 Å². The lowest BCUT2D eigenvalue weighted by Crippen LogP contribution is -2.16. The second kappa shape index (κ2) is 9.25. The summed E-state index contributed by atoms with van der Waals surface area (Å²) >= 11 is 0. The fourth-order valence-corrected chi connectivity index (χ4v) is 4.23. The largest absolute Gasteiger partial charge is 0.491 e. The van der Waals surface area contributed by atoms with Crippen LogP contribution in [-0.2, 0) is 6.42 Å². The fourth-order valence-electron chi connectivity index (χ4n) is 4.23. The quantitative estimate of drug-likeness (QED) is 0.373. The molecule has 0 aromatic heterocycles. The van der Waals surface area contributed by atoms with Crippen LogP contribution in [0.15, 0.2) is 29.8 Å². The lowest BCUT2D eigenvalue weighted by molar-refractivity contribution is 0.225. The van der Waals surface area contributed by atoms with Gasteiger partial charge in [0.1, 0.15) is 0 Å². The van der Waals surface area contributed by atoms with E-state index in [1.807, 2.05) is 0 Å². The summed E-state index contributed by atoms with van der Waals surface area (Å²) in [7, 11) is 0. The van der Waals surface area contributed by atoms with E-state index in [0.29, 0.717) is 23.7 Å². The number of hydrogen-bond acceptors (Lipinski definition) is 3. The van der Waals surface area contributed by atoms with Crippen LogP contribution in [0.5, 0.6) is 23.0 Å². The Morgan fingerprint density at radius 2 is 1.77 bits per heavy atom. The first-order chi connectivity index (χ1) is 15.0. The molecule has 4 rings (SSSR count). The lowest BCUT2D eigenvalue weighted by Gasteiger charge is -2.24. The van der Waals surface area contributed by atoms with Crippen molar-refractivity contribution in [3.8, 4) is 23.0 Å². The first kappa shape index (κ1) is 21.6. The van der Waals surface area contributed by atoms with Gasteiger partial charge in [-0.25, -0.2) is 0 Å². The molecule has 1 atom stereocenters. The molecule has 2 aliphatic rings. The van der Waals surface area contributed by atoms with E-state index in [1.165, 1.54) is 11.6 Å². The van der Waals surface area contributed by atoms with E-state index in [4.69, 9.17) is 14.2 Å². The molecular formula is C25H27F3O3. The van der Waals surface area contributed by atoms with Gasteiger partial charge in [-0.2, -0.15) is 13.2 Å². The Bertz CT molecular complexity index is 1000. The normalized spacial score (nSPS) is 17.3. The van der Waals surface area contributed by atoms with Crippen molar-refractivity contribution in [1.29, 1.82) is 0 Å². The van der Waals surface area contributed by atoms with Gasteiger partial charge in [-0.15, -0.1) is 0 Å². The zero-order valence-corrected chi connectivity index (χ0v) is 17.9. The standard InChI is InChI=1S/C25H27F3O3/c1-3-5-15-6-8-16(9-7-15)14-30-19-11-10-17-12-18-13-20(29-4-2)21(26)23(28)25(18)31-24(17)22(19)27/h6,10-11,13,16H,3-5,7-9,12,14H2,1-2H3. The molecule has 2 aromatic carbocycles. The average molecular weight is 432 g/mol. The average Bonchev–Trinajstić information content (AvgIpc) is 2.77. The molecule has 0 N–H and O–H groups in total. The number of ether oxygens (including phenoxy) is 3. The van der Waals surface area contributed by atoms with Crippen molar-refractivity contribution >= 4 is 0 Å². The van der Waals surface area contributed by atoms with Gasteiger partial charge in [0, 0.05) is 17.5 Å². The molecule has 3 nitrogen and oxygen atoms in total. The molecule has 1 heterocycles. The summed E-state index contributed by atoms with van der Waals surface area (Å²) in [5.41, 5.74) is 2.46. The highest BCUT2D eigenvalue weighted by Gasteiger charge is 2.29. The minimum absolute atomic E-state index is 0.0670. The number of rotatable bonds is 7. The summed E-state index contributed by atoms with van der Waals surface area (Å²) in [6.45, 7) is 4.47. The van der Waals surface area contributed by atoms with Gasteiger partial charge in [-0.3, -0.25) is 0 Å². The SMILES string of the molecule is CCCC1=CCC(COc2ccc3c(c2F)Oc2c(cc(OCC)c(F)c2F)C3)CC1. The number of halogens is 3. The van der Waals surface area contributed by atoms with Crippen LogP contribution in [0.4, 0.5) is 13.2 Å². The summed E-state index contributed by atoms with van der Waals surface area (Å²) in [4.78, 5) is 0. The minimum atomic E-state index is -1.17. The topological polar surface area (TPSA) is 27.7 Å². The maximum Gasteiger partial charge on any atom is 0.207 e.